The van der Waals surface area contributed by atoms with E-state index in [4.69, 9.17) is 4.74 Å². The molecule has 0 atom stereocenters. The van der Waals surface area contributed by atoms with Gasteiger partial charge in [0.15, 0.2) is 5.78 Å². The Morgan fingerprint density at radius 1 is 1.17 bits per heavy atom. The van der Waals surface area contributed by atoms with Gasteiger partial charge >= 0.3 is 0 Å². The molecule has 0 spiro atoms. The number of ketones is 1. The summed E-state index contributed by atoms with van der Waals surface area (Å²) < 4.78 is 5.62. The van der Waals surface area contributed by atoms with Crippen LogP contribution in [0.4, 0.5) is 0 Å². The van der Waals surface area contributed by atoms with Gasteiger partial charge in [-0.25, -0.2) is 0 Å². The fourth-order valence-electron chi connectivity index (χ4n) is 2.05. The van der Waals surface area contributed by atoms with Crippen LogP contribution in [0.3, 0.4) is 0 Å². The lowest BCUT2D eigenvalue weighted by Crippen LogP contribution is -1.98. The summed E-state index contributed by atoms with van der Waals surface area (Å²) in [6.45, 7) is 4.32. The Bertz CT molecular complexity index is 715. The molecule has 4 nitrogen and oxygen atoms in total. The molecule has 120 valence electrons. The third kappa shape index (κ3) is 4.36. The van der Waals surface area contributed by atoms with Gasteiger partial charge in [-0.1, -0.05) is 6.92 Å². The number of carbonyl (C=O) groups excluding carboxylic acids is 1. The SMILES string of the molecule is CCCOc1cc(O)c(C)cc1C=CC(=O)c1ccc(O)cc1. The van der Waals surface area contributed by atoms with Gasteiger partial charge in [-0.2, -0.15) is 0 Å². The third-order valence-corrected chi connectivity index (χ3v) is 3.36. The number of ether oxygens (including phenoxy) is 1. The van der Waals surface area contributed by atoms with Crippen LogP contribution in [-0.2, 0) is 0 Å². The molecule has 0 aliphatic rings. The molecule has 0 saturated carbocycles. The fourth-order valence-corrected chi connectivity index (χ4v) is 2.05. The molecule has 0 fully saturated rings. The van der Waals surface area contributed by atoms with E-state index in [1.807, 2.05) is 6.92 Å². The van der Waals surface area contributed by atoms with Crippen molar-refractivity contribution in [1.82, 2.24) is 0 Å². The van der Waals surface area contributed by atoms with E-state index >= 15 is 0 Å². The summed E-state index contributed by atoms with van der Waals surface area (Å²) in [7, 11) is 0. The lowest BCUT2D eigenvalue weighted by molar-refractivity contribution is 0.104. The predicted octanol–water partition coefficient (Wildman–Crippen LogP) is 4.09. The van der Waals surface area contributed by atoms with Gasteiger partial charge in [0.1, 0.15) is 17.2 Å². The lowest BCUT2D eigenvalue weighted by Gasteiger charge is -2.10. The summed E-state index contributed by atoms with van der Waals surface area (Å²) in [4.78, 5) is 12.1. The van der Waals surface area contributed by atoms with Crippen molar-refractivity contribution in [2.45, 2.75) is 20.3 Å². The molecule has 0 aliphatic carbocycles. The minimum Gasteiger partial charge on any atom is -0.508 e. The monoisotopic (exact) mass is 312 g/mol. The van der Waals surface area contributed by atoms with E-state index in [0.29, 0.717) is 23.5 Å². The quantitative estimate of drug-likeness (QED) is 0.623. The number of hydrogen-bond acceptors (Lipinski definition) is 4. The van der Waals surface area contributed by atoms with Crippen LogP contribution >= 0.6 is 0 Å². The average Bonchev–Trinajstić information content (AvgIpc) is 2.54. The maximum atomic E-state index is 12.1. The number of aromatic hydroxyl groups is 2. The maximum absolute atomic E-state index is 12.1. The fraction of sp³-hybridized carbons (Fsp3) is 0.211. The minimum atomic E-state index is -0.169. The van der Waals surface area contributed by atoms with Crippen LogP contribution in [0.25, 0.3) is 6.08 Å². The van der Waals surface area contributed by atoms with Crippen LogP contribution < -0.4 is 4.74 Å². The molecule has 2 aromatic carbocycles. The Hall–Kier alpha value is -2.75. The topological polar surface area (TPSA) is 66.8 Å². The Morgan fingerprint density at radius 3 is 2.52 bits per heavy atom. The molecular formula is C19H20O4. The van der Waals surface area contributed by atoms with Gasteiger partial charge in [-0.3, -0.25) is 4.79 Å². The summed E-state index contributed by atoms with van der Waals surface area (Å²) >= 11 is 0. The molecule has 0 aromatic heterocycles. The van der Waals surface area contributed by atoms with Crippen LogP contribution in [0.2, 0.25) is 0 Å². The van der Waals surface area contributed by atoms with Crippen LogP contribution in [-0.4, -0.2) is 22.6 Å². The van der Waals surface area contributed by atoms with Gasteiger partial charge in [-0.05, 0) is 61.4 Å². The van der Waals surface area contributed by atoms with Crippen LogP contribution in [0.1, 0.15) is 34.8 Å². The second-order valence-electron chi connectivity index (χ2n) is 5.27. The Balaban J connectivity index is 2.25. The molecule has 0 heterocycles. The molecule has 0 saturated heterocycles. The van der Waals surface area contributed by atoms with Crippen LogP contribution in [0.15, 0.2) is 42.5 Å². The highest BCUT2D eigenvalue weighted by Crippen LogP contribution is 2.29. The van der Waals surface area contributed by atoms with Gasteiger partial charge in [0.25, 0.3) is 0 Å². The Kier molecular flexibility index (Phi) is 5.41. The molecule has 0 amide bonds. The molecule has 2 N–H and O–H groups in total. The lowest BCUT2D eigenvalue weighted by atomic mass is 10.1. The normalized spacial score (nSPS) is 10.9. The first kappa shape index (κ1) is 16.6. The first-order valence-corrected chi connectivity index (χ1v) is 7.49. The summed E-state index contributed by atoms with van der Waals surface area (Å²) in [5.74, 6) is 0.662. The van der Waals surface area contributed by atoms with E-state index in [9.17, 15) is 15.0 Å². The van der Waals surface area contributed by atoms with Crippen molar-refractivity contribution < 1.29 is 19.7 Å². The number of benzene rings is 2. The summed E-state index contributed by atoms with van der Waals surface area (Å²) in [5.41, 5.74) is 1.94. The smallest absolute Gasteiger partial charge is 0.185 e. The van der Waals surface area contributed by atoms with E-state index in [1.165, 1.54) is 18.2 Å². The van der Waals surface area contributed by atoms with Gasteiger partial charge < -0.3 is 14.9 Å². The van der Waals surface area contributed by atoms with E-state index in [-0.39, 0.29) is 17.3 Å². The first-order valence-electron chi connectivity index (χ1n) is 7.49. The van der Waals surface area contributed by atoms with E-state index in [1.54, 1.807) is 37.3 Å². The van der Waals surface area contributed by atoms with Crippen molar-refractivity contribution in [3.05, 3.63) is 59.2 Å². The van der Waals surface area contributed by atoms with Crippen molar-refractivity contribution in [2.75, 3.05) is 6.61 Å². The number of hydrogen-bond donors (Lipinski definition) is 2. The maximum Gasteiger partial charge on any atom is 0.185 e. The highest BCUT2D eigenvalue weighted by Gasteiger charge is 2.07. The molecule has 2 aromatic rings. The molecule has 23 heavy (non-hydrogen) atoms. The Morgan fingerprint density at radius 2 is 1.87 bits per heavy atom. The van der Waals surface area contributed by atoms with Crippen molar-refractivity contribution in [1.29, 1.82) is 0 Å². The Labute approximate surface area is 135 Å². The second kappa shape index (κ2) is 7.49. The van der Waals surface area contributed by atoms with Crippen molar-refractivity contribution in [3.8, 4) is 17.2 Å². The number of aryl methyl sites for hydroxylation is 1. The van der Waals surface area contributed by atoms with E-state index in [2.05, 4.69) is 0 Å². The number of phenolic OH excluding ortho intramolecular Hbond substituents is 2. The number of rotatable bonds is 6. The van der Waals surface area contributed by atoms with Crippen molar-refractivity contribution in [3.63, 3.8) is 0 Å². The molecule has 2 rings (SSSR count). The summed E-state index contributed by atoms with van der Waals surface area (Å²) in [5, 5.41) is 19.1. The van der Waals surface area contributed by atoms with Crippen LogP contribution in [0, 0.1) is 6.92 Å². The zero-order valence-electron chi connectivity index (χ0n) is 13.2. The van der Waals surface area contributed by atoms with Gasteiger partial charge in [-0.15, -0.1) is 0 Å². The zero-order chi connectivity index (χ0) is 16.8. The van der Waals surface area contributed by atoms with Gasteiger partial charge in [0, 0.05) is 17.2 Å². The molecular weight excluding hydrogens is 292 g/mol. The standard InChI is InChI=1S/C19H20O4/c1-3-10-23-19-12-18(22)13(2)11-15(19)6-9-17(21)14-4-7-16(20)8-5-14/h4-9,11-12,20,22H,3,10H2,1-2H3. The average molecular weight is 312 g/mol. The van der Waals surface area contributed by atoms with E-state index < -0.39 is 0 Å². The van der Waals surface area contributed by atoms with Gasteiger partial charge in [0.2, 0.25) is 0 Å². The number of carbonyl (C=O) groups is 1. The van der Waals surface area contributed by atoms with Crippen molar-refractivity contribution >= 4 is 11.9 Å². The predicted molar refractivity (Wildman–Crippen MR) is 90.1 cm³/mol. The molecule has 0 unspecified atom stereocenters. The third-order valence-electron chi connectivity index (χ3n) is 3.36. The number of phenols is 2. The highest BCUT2D eigenvalue weighted by atomic mass is 16.5. The minimum absolute atomic E-state index is 0.120. The number of allylic oxidation sites excluding steroid dienone is 1. The van der Waals surface area contributed by atoms with Crippen LogP contribution in [0.5, 0.6) is 17.2 Å². The molecule has 0 bridgehead atoms. The first-order chi connectivity index (χ1) is 11.0. The largest absolute Gasteiger partial charge is 0.508 e. The highest BCUT2D eigenvalue weighted by molar-refractivity contribution is 6.07. The van der Waals surface area contributed by atoms with Crippen molar-refractivity contribution in [2.24, 2.45) is 0 Å². The molecule has 0 radical (unpaired) electrons. The van der Waals surface area contributed by atoms with E-state index in [0.717, 1.165) is 12.0 Å². The van der Waals surface area contributed by atoms with Gasteiger partial charge in [0.05, 0.1) is 6.61 Å². The molecule has 4 heteroatoms. The second-order valence-corrected chi connectivity index (χ2v) is 5.27. The molecule has 0 aliphatic heterocycles. The zero-order valence-corrected chi connectivity index (χ0v) is 13.2. The summed E-state index contributed by atoms with van der Waals surface area (Å²) in [6, 6.07) is 9.43. The summed E-state index contributed by atoms with van der Waals surface area (Å²) in [6.07, 6.45) is 3.98.